The summed E-state index contributed by atoms with van der Waals surface area (Å²) in [4.78, 5) is 10.1. The molecule has 32 heavy (non-hydrogen) atoms. The van der Waals surface area contributed by atoms with Crippen LogP contribution in [0.25, 0.3) is 0 Å². The Kier molecular flexibility index (Phi) is 6.30. The van der Waals surface area contributed by atoms with Crippen molar-refractivity contribution in [3.63, 3.8) is 0 Å². The molecule has 3 aromatic carbocycles. The second-order valence-corrected chi connectivity index (χ2v) is 8.60. The van der Waals surface area contributed by atoms with Gasteiger partial charge in [-0.1, -0.05) is 23.8 Å². The highest BCUT2D eigenvalue weighted by Crippen LogP contribution is 2.30. The zero-order valence-electron chi connectivity index (χ0n) is 17.1. The molecule has 0 saturated heterocycles. The van der Waals surface area contributed by atoms with E-state index in [-0.39, 0.29) is 21.9 Å². The van der Waals surface area contributed by atoms with Crippen molar-refractivity contribution in [3.8, 4) is 11.5 Å². The van der Waals surface area contributed by atoms with Crippen LogP contribution in [0.5, 0.6) is 11.5 Å². The number of sulfonamides is 1. The highest BCUT2D eigenvalue weighted by molar-refractivity contribution is 7.92. The number of aromatic hydroxyl groups is 2. The number of nitrogens with one attached hydrogen (secondary N) is 2. The summed E-state index contributed by atoms with van der Waals surface area (Å²) in [6.07, 6.45) is 1.17. The molecule has 11 heteroatoms. The Morgan fingerprint density at radius 3 is 2.44 bits per heavy atom. The summed E-state index contributed by atoms with van der Waals surface area (Å²) in [6, 6.07) is 12.7. The van der Waals surface area contributed by atoms with Gasteiger partial charge in [0.05, 0.1) is 22.5 Å². The molecule has 0 aliphatic heterocycles. The second-order valence-electron chi connectivity index (χ2n) is 6.95. The van der Waals surface area contributed by atoms with Crippen LogP contribution in [0.1, 0.15) is 16.7 Å². The van der Waals surface area contributed by atoms with Crippen LogP contribution < -0.4 is 10.1 Å². The van der Waals surface area contributed by atoms with Gasteiger partial charge in [0, 0.05) is 17.7 Å². The van der Waals surface area contributed by atoms with Crippen LogP contribution in [0.2, 0.25) is 0 Å². The van der Waals surface area contributed by atoms with E-state index in [4.69, 9.17) is 0 Å². The number of anilines is 2. The monoisotopic (exact) mass is 456 g/mol. The van der Waals surface area contributed by atoms with Crippen molar-refractivity contribution in [2.45, 2.75) is 18.7 Å². The van der Waals surface area contributed by atoms with Crippen LogP contribution in [-0.2, 0) is 10.0 Å². The first kappa shape index (κ1) is 22.6. The number of rotatable bonds is 7. The smallest absolute Gasteiger partial charge is 0.270 e. The van der Waals surface area contributed by atoms with Gasteiger partial charge in [-0.15, -0.1) is 0 Å². The molecule has 4 N–H and O–H groups in total. The Morgan fingerprint density at radius 2 is 1.75 bits per heavy atom. The van der Waals surface area contributed by atoms with Gasteiger partial charge in [-0.25, -0.2) is 8.42 Å². The fourth-order valence-electron chi connectivity index (χ4n) is 2.89. The first-order valence-corrected chi connectivity index (χ1v) is 10.8. The predicted octanol–water partition coefficient (Wildman–Crippen LogP) is 3.87. The van der Waals surface area contributed by atoms with Gasteiger partial charge < -0.3 is 10.2 Å². The molecule has 0 saturated carbocycles. The first-order valence-electron chi connectivity index (χ1n) is 9.27. The van der Waals surface area contributed by atoms with E-state index in [1.54, 1.807) is 25.1 Å². The average Bonchev–Trinajstić information content (AvgIpc) is 2.73. The lowest BCUT2D eigenvalue weighted by Gasteiger charge is -2.14. The van der Waals surface area contributed by atoms with Gasteiger partial charge in [0.1, 0.15) is 4.90 Å². The lowest BCUT2D eigenvalue weighted by molar-refractivity contribution is -0.385. The fraction of sp³-hybridized carbons (Fsp3) is 0.0952. The molecule has 0 fully saturated rings. The molecule has 166 valence electrons. The first-order chi connectivity index (χ1) is 15.1. The molecule has 0 bridgehead atoms. The largest absolute Gasteiger partial charge is 0.504 e. The Bertz CT molecular complexity index is 1320. The summed E-state index contributed by atoms with van der Waals surface area (Å²) in [5.41, 5.74) is 4.24. The molecule has 0 radical (unpaired) electrons. The maximum Gasteiger partial charge on any atom is 0.270 e. The summed E-state index contributed by atoms with van der Waals surface area (Å²) in [6.45, 7) is 3.61. The Morgan fingerprint density at radius 1 is 1.03 bits per heavy atom. The molecule has 0 spiro atoms. The average molecular weight is 456 g/mol. The van der Waals surface area contributed by atoms with E-state index < -0.39 is 26.4 Å². The summed E-state index contributed by atoms with van der Waals surface area (Å²) < 4.78 is 28.6. The van der Waals surface area contributed by atoms with Gasteiger partial charge >= 0.3 is 0 Å². The summed E-state index contributed by atoms with van der Waals surface area (Å²) in [7, 11) is -4.23. The zero-order valence-corrected chi connectivity index (χ0v) is 17.9. The molecule has 0 aliphatic rings. The number of hydrogen-bond donors (Lipinski definition) is 4. The zero-order chi connectivity index (χ0) is 23.5. The fourth-order valence-corrected chi connectivity index (χ4v) is 4.20. The van der Waals surface area contributed by atoms with Crippen molar-refractivity contribution in [1.29, 1.82) is 0 Å². The molecule has 10 nitrogen and oxygen atoms in total. The number of nitro groups is 1. The van der Waals surface area contributed by atoms with Gasteiger partial charge in [0.15, 0.2) is 11.5 Å². The van der Waals surface area contributed by atoms with Crippen molar-refractivity contribution >= 4 is 33.3 Å². The molecule has 3 aromatic rings. The van der Waals surface area contributed by atoms with Crippen LogP contribution in [0.15, 0.2) is 64.6 Å². The van der Waals surface area contributed by atoms with Crippen molar-refractivity contribution in [3.05, 3.63) is 81.4 Å². The second kappa shape index (κ2) is 8.94. The van der Waals surface area contributed by atoms with Crippen LogP contribution in [-0.4, -0.2) is 29.8 Å². The van der Waals surface area contributed by atoms with Crippen LogP contribution >= 0.6 is 0 Å². The number of hydrazone groups is 1. The minimum Gasteiger partial charge on any atom is -0.504 e. The summed E-state index contributed by atoms with van der Waals surface area (Å²) in [5.74, 6) is -0.740. The number of nitro benzene ring substituents is 1. The summed E-state index contributed by atoms with van der Waals surface area (Å²) >= 11 is 0. The van der Waals surface area contributed by atoms with Crippen molar-refractivity contribution in [2.75, 3.05) is 10.1 Å². The third kappa shape index (κ3) is 4.95. The normalized spacial score (nSPS) is 11.4. The Balaban J connectivity index is 1.98. The quantitative estimate of drug-likeness (QED) is 0.182. The highest BCUT2D eigenvalue weighted by Gasteiger charge is 2.23. The Labute approximate surface area is 184 Å². The van der Waals surface area contributed by atoms with E-state index in [2.05, 4.69) is 15.2 Å². The van der Waals surface area contributed by atoms with Crippen molar-refractivity contribution in [2.24, 2.45) is 5.10 Å². The third-order valence-corrected chi connectivity index (χ3v) is 5.93. The van der Waals surface area contributed by atoms with Crippen LogP contribution in [0.3, 0.4) is 0 Å². The maximum absolute atomic E-state index is 13.1. The number of aryl methyl sites for hydroxylation is 2. The molecular formula is C21H20N4O6S. The lowest BCUT2D eigenvalue weighted by atomic mass is 10.1. The third-order valence-electron chi connectivity index (χ3n) is 4.53. The molecule has 0 atom stereocenters. The van der Waals surface area contributed by atoms with Gasteiger partial charge in [0.25, 0.3) is 15.7 Å². The number of hydrogen-bond acceptors (Lipinski definition) is 8. The molecule has 0 amide bonds. The van der Waals surface area contributed by atoms with E-state index >= 15 is 0 Å². The number of benzene rings is 3. The van der Waals surface area contributed by atoms with Crippen molar-refractivity contribution < 1.29 is 23.6 Å². The molecular weight excluding hydrogens is 436 g/mol. The molecule has 0 aliphatic carbocycles. The lowest BCUT2D eigenvalue weighted by Crippen LogP contribution is -2.16. The van der Waals surface area contributed by atoms with E-state index in [9.17, 15) is 28.7 Å². The molecule has 0 heterocycles. The standard InChI is InChI=1S/C21H20N4O6S/c1-13-6-8-17(14(2)10-13)24-32(30,31)20-11-16(25(28)29)7-9-18(20)23-22-12-15-4-3-5-19(26)21(15)27/h3-12,23-24,26-27H,1-2H3. The number of non-ortho nitro benzene ring substituents is 1. The van der Waals surface area contributed by atoms with E-state index in [0.29, 0.717) is 11.3 Å². The van der Waals surface area contributed by atoms with E-state index in [0.717, 1.165) is 17.7 Å². The topological polar surface area (TPSA) is 154 Å². The molecule has 3 rings (SSSR count). The SMILES string of the molecule is Cc1ccc(NS(=O)(=O)c2cc([N+](=O)[O-])ccc2NN=Cc2cccc(O)c2O)c(C)c1. The number of para-hydroxylation sites is 1. The molecule has 0 aromatic heterocycles. The number of phenols is 2. The van der Waals surface area contributed by atoms with Crippen molar-refractivity contribution in [1.82, 2.24) is 0 Å². The maximum atomic E-state index is 13.1. The number of phenolic OH excluding ortho intramolecular Hbond substituents is 2. The van der Waals surface area contributed by atoms with Crippen LogP contribution in [0.4, 0.5) is 17.1 Å². The highest BCUT2D eigenvalue weighted by atomic mass is 32.2. The minimum atomic E-state index is -4.23. The predicted molar refractivity (Wildman–Crippen MR) is 121 cm³/mol. The van der Waals surface area contributed by atoms with Gasteiger partial charge in [-0.3, -0.25) is 20.3 Å². The van der Waals surface area contributed by atoms with Gasteiger partial charge in [-0.05, 0) is 43.7 Å². The van der Waals surface area contributed by atoms with E-state index in [1.807, 2.05) is 6.92 Å². The van der Waals surface area contributed by atoms with Gasteiger partial charge in [-0.2, -0.15) is 5.10 Å². The van der Waals surface area contributed by atoms with Gasteiger partial charge in [0.2, 0.25) is 0 Å². The van der Waals surface area contributed by atoms with Crippen LogP contribution in [0, 0.1) is 24.0 Å². The number of nitrogens with zero attached hydrogens (tertiary/aromatic N) is 2. The van der Waals surface area contributed by atoms with E-state index in [1.165, 1.54) is 30.5 Å². The molecule has 0 unspecified atom stereocenters. The minimum absolute atomic E-state index is 0.0243. The summed E-state index contributed by atoms with van der Waals surface area (Å²) in [5, 5.41) is 34.5. The Hall–Kier alpha value is -4.12.